The van der Waals surface area contributed by atoms with Crippen LogP contribution in [0.2, 0.25) is 0 Å². The van der Waals surface area contributed by atoms with Crippen molar-refractivity contribution in [3.63, 3.8) is 0 Å². The van der Waals surface area contributed by atoms with E-state index in [9.17, 15) is 23.1 Å². The van der Waals surface area contributed by atoms with Crippen molar-refractivity contribution in [2.75, 3.05) is 6.61 Å². The summed E-state index contributed by atoms with van der Waals surface area (Å²) in [4.78, 5) is 50.6. The van der Waals surface area contributed by atoms with E-state index in [1.807, 2.05) is 4.98 Å². The van der Waals surface area contributed by atoms with Gasteiger partial charge in [0.25, 0.3) is 5.56 Å². The summed E-state index contributed by atoms with van der Waals surface area (Å²) in [6.45, 7) is -0.819. The van der Waals surface area contributed by atoms with Gasteiger partial charge in [0.2, 0.25) is 5.13 Å². The van der Waals surface area contributed by atoms with Crippen LogP contribution in [0, 0.1) is 0 Å². The van der Waals surface area contributed by atoms with Gasteiger partial charge in [-0.05, 0) is 0 Å². The third-order valence-corrected chi connectivity index (χ3v) is 5.41. The van der Waals surface area contributed by atoms with E-state index < -0.39 is 57.4 Å². The van der Waals surface area contributed by atoms with Crippen molar-refractivity contribution < 1.29 is 41.8 Å². The highest BCUT2D eigenvalue weighted by Crippen LogP contribution is 2.58. The molecule has 4 atom stereocenters. The number of hydrogen-bond donors (Lipinski definition) is 4. The average molecular weight is 425 g/mol. The molecule has 1 fully saturated rings. The lowest BCUT2D eigenvalue weighted by Crippen LogP contribution is -2.37. The van der Waals surface area contributed by atoms with Crippen LogP contribution in [0.3, 0.4) is 0 Å². The predicted octanol–water partition coefficient (Wildman–Crippen LogP) is -0.0450. The molecular weight excluding hydrogens is 413 g/mol. The summed E-state index contributed by atoms with van der Waals surface area (Å²) in [6, 6.07) is 0.928. The number of nitrogens with zero attached hydrogens (tertiary/aromatic N) is 1. The zero-order chi connectivity index (χ0) is 19.0. The molecule has 142 valence electrons. The first-order chi connectivity index (χ1) is 11.3. The molecule has 0 amide bonds. The number of aromatic nitrogens is 2. The molecule has 16 heteroatoms. The maximum Gasteiger partial charge on any atom is 0.481 e. The molecule has 0 bridgehead atoms. The zero-order valence-electron chi connectivity index (χ0n) is 12.0. The number of ether oxygens (including phenoxy) is 1. The van der Waals surface area contributed by atoms with E-state index in [1.54, 1.807) is 0 Å². The molecule has 0 radical (unpaired) electrons. The van der Waals surface area contributed by atoms with Crippen LogP contribution in [0.5, 0.6) is 0 Å². The van der Waals surface area contributed by atoms with E-state index in [0.29, 0.717) is 4.57 Å². The zero-order valence-corrected chi connectivity index (χ0v) is 14.6. The Morgan fingerprint density at radius 2 is 2.08 bits per heavy atom. The fourth-order valence-electron chi connectivity index (χ4n) is 2.05. The summed E-state index contributed by atoms with van der Waals surface area (Å²) >= 11 is 5.64. The van der Waals surface area contributed by atoms with Gasteiger partial charge < -0.3 is 19.4 Å². The molecule has 4 N–H and O–H groups in total. The highest BCUT2D eigenvalue weighted by Gasteiger charge is 2.50. The summed E-state index contributed by atoms with van der Waals surface area (Å²) in [5.74, 6) is 0. The normalized spacial score (nSPS) is 29.5. The first kappa shape index (κ1) is 20.4. The molecule has 2 heterocycles. The first-order valence-electron chi connectivity index (χ1n) is 6.38. The number of phosphoric acid groups is 2. The summed E-state index contributed by atoms with van der Waals surface area (Å²) in [5, 5.41) is -2.63. The molecule has 25 heavy (non-hydrogen) atoms. The second kappa shape index (κ2) is 7.03. The Hall–Kier alpha value is -0.880. The Morgan fingerprint density at radius 3 is 2.64 bits per heavy atom. The largest absolute Gasteiger partial charge is 0.481 e. The fraction of sp³-hybridized carbons (Fsp3) is 0.556. The van der Waals surface area contributed by atoms with Gasteiger partial charge in [0.05, 0.1) is 12.7 Å². The van der Waals surface area contributed by atoms with Gasteiger partial charge in [-0.15, -0.1) is 0 Å². The molecule has 2 rings (SSSR count). The summed E-state index contributed by atoms with van der Waals surface area (Å²) in [6.07, 6.45) is -2.60. The van der Waals surface area contributed by atoms with Gasteiger partial charge in [0.15, 0.2) is 6.23 Å². The first-order valence-corrected chi connectivity index (χ1v) is 9.78. The number of halogens is 2. The van der Waals surface area contributed by atoms with Crippen molar-refractivity contribution in [1.29, 1.82) is 0 Å². The molecule has 0 spiro atoms. The quantitative estimate of drug-likeness (QED) is 0.357. The lowest BCUT2D eigenvalue weighted by Gasteiger charge is -2.20. The van der Waals surface area contributed by atoms with Crippen LogP contribution in [-0.4, -0.2) is 42.1 Å². The fourth-order valence-corrected chi connectivity index (χ4v) is 4.00. The number of alkyl halides is 2. The van der Waals surface area contributed by atoms with E-state index in [0.717, 1.165) is 12.3 Å². The Labute approximate surface area is 143 Å². The van der Waals surface area contributed by atoms with Crippen molar-refractivity contribution in [3.05, 3.63) is 33.1 Å². The number of phosphoric ester groups is 1. The third-order valence-electron chi connectivity index (χ3n) is 2.92. The smallest absolute Gasteiger partial charge is 0.347 e. The minimum absolute atomic E-state index is 0.597. The molecule has 0 saturated carbocycles. The molecule has 1 saturated heterocycles. The molecule has 1 unspecified atom stereocenters. The van der Waals surface area contributed by atoms with E-state index in [4.69, 9.17) is 31.0 Å². The van der Waals surface area contributed by atoms with Gasteiger partial charge >= 0.3 is 21.3 Å². The SMILES string of the molecule is O=c1ccn([C@@H]2O[C@H](COP(=O)(O)OP(=O)(O)O)C[C@]2(F)Cl)c(=O)[nH]1. The maximum atomic E-state index is 14.4. The van der Waals surface area contributed by atoms with E-state index in [2.05, 4.69) is 8.83 Å². The Bertz CT molecular complexity index is 849. The topological polar surface area (TPSA) is 177 Å². The van der Waals surface area contributed by atoms with Crippen molar-refractivity contribution in [3.8, 4) is 0 Å². The Kier molecular flexibility index (Phi) is 5.74. The Morgan fingerprint density at radius 1 is 1.44 bits per heavy atom. The standard InChI is InChI=1S/C9H12ClFN2O10P2/c10-9(11)3-5(4-21-25(19,20)23-24(16,17)18)22-7(9)13-2-1-6(14)12-8(13)15/h1-2,5,7H,3-4H2,(H,19,20)(H,12,14,15)(H2,16,17,18)/t5-,7+,9+/m0/s1. The Balaban J connectivity index is 2.09. The van der Waals surface area contributed by atoms with Crippen LogP contribution in [0.1, 0.15) is 12.6 Å². The highest BCUT2D eigenvalue weighted by molar-refractivity contribution is 7.60. The molecular formula is C9H12ClFN2O10P2. The van der Waals surface area contributed by atoms with Gasteiger partial charge in [-0.1, -0.05) is 11.6 Å². The van der Waals surface area contributed by atoms with E-state index in [1.165, 1.54) is 0 Å². The number of rotatable bonds is 6. The third kappa shape index (κ3) is 5.55. The second-order valence-corrected chi connectivity index (χ2v) is 8.39. The molecule has 0 aromatic carbocycles. The molecule has 1 aromatic rings. The van der Waals surface area contributed by atoms with Gasteiger partial charge in [-0.3, -0.25) is 18.9 Å². The minimum atomic E-state index is -5.30. The molecule has 12 nitrogen and oxygen atoms in total. The predicted molar refractivity (Wildman–Crippen MR) is 78.4 cm³/mol. The molecule has 0 aliphatic carbocycles. The van der Waals surface area contributed by atoms with Crippen LogP contribution >= 0.6 is 27.2 Å². The number of hydrogen-bond acceptors (Lipinski definition) is 7. The van der Waals surface area contributed by atoms with Crippen LogP contribution in [-0.2, 0) is 22.7 Å². The van der Waals surface area contributed by atoms with Crippen LogP contribution in [0.4, 0.5) is 4.39 Å². The van der Waals surface area contributed by atoms with E-state index in [-0.39, 0.29) is 0 Å². The number of nitrogens with one attached hydrogen (secondary N) is 1. The van der Waals surface area contributed by atoms with Crippen molar-refractivity contribution in [2.24, 2.45) is 0 Å². The summed E-state index contributed by atoms with van der Waals surface area (Å²) in [5.41, 5.74) is -1.73. The molecule has 1 aliphatic rings. The molecule has 1 aromatic heterocycles. The maximum absolute atomic E-state index is 14.4. The van der Waals surface area contributed by atoms with Crippen molar-refractivity contribution in [1.82, 2.24) is 9.55 Å². The summed E-state index contributed by atoms with van der Waals surface area (Å²) < 4.78 is 50.0. The second-order valence-electron chi connectivity index (χ2n) is 4.93. The van der Waals surface area contributed by atoms with Gasteiger partial charge in [-0.25, -0.2) is 18.3 Å². The van der Waals surface area contributed by atoms with Crippen LogP contribution in [0.25, 0.3) is 0 Å². The average Bonchev–Trinajstić information content (AvgIpc) is 2.69. The van der Waals surface area contributed by atoms with E-state index >= 15 is 0 Å². The van der Waals surface area contributed by atoms with Gasteiger partial charge in [0.1, 0.15) is 0 Å². The summed E-state index contributed by atoms with van der Waals surface area (Å²) in [7, 11) is -10.4. The van der Waals surface area contributed by atoms with Gasteiger partial charge in [-0.2, -0.15) is 4.31 Å². The van der Waals surface area contributed by atoms with Crippen LogP contribution < -0.4 is 11.2 Å². The van der Waals surface area contributed by atoms with Gasteiger partial charge in [0, 0.05) is 18.7 Å². The monoisotopic (exact) mass is 424 g/mol. The lowest BCUT2D eigenvalue weighted by molar-refractivity contribution is -0.0461. The van der Waals surface area contributed by atoms with Crippen molar-refractivity contribution in [2.45, 2.75) is 23.9 Å². The van der Waals surface area contributed by atoms with Crippen molar-refractivity contribution >= 4 is 27.2 Å². The number of aromatic amines is 1. The number of H-pyrrole nitrogens is 1. The minimum Gasteiger partial charge on any atom is -0.347 e. The van der Waals surface area contributed by atoms with Crippen LogP contribution in [0.15, 0.2) is 21.9 Å². The lowest BCUT2D eigenvalue weighted by atomic mass is 10.2. The highest BCUT2D eigenvalue weighted by atomic mass is 35.5. The molecule has 1 aliphatic heterocycles.